The number of benzene rings is 3. The summed E-state index contributed by atoms with van der Waals surface area (Å²) in [5.41, 5.74) is 2.96. The van der Waals surface area contributed by atoms with Gasteiger partial charge in [0.1, 0.15) is 6.61 Å². The van der Waals surface area contributed by atoms with Crippen molar-refractivity contribution in [3.63, 3.8) is 0 Å². The summed E-state index contributed by atoms with van der Waals surface area (Å²) in [6, 6.07) is 19.5. The normalized spacial score (nSPS) is 14.8. The van der Waals surface area contributed by atoms with Crippen LogP contribution in [0.1, 0.15) is 43.5 Å². The molecule has 4 aromatic rings. The van der Waals surface area contributed by atoms with Gasteiger partial charge in [-0.05, 0) is 62.2 Å². The Morgan fingerprint density at radius 2 is 1.79 bits per heavy atom. The van der Waals surface area contributed by atoms with Gasteiger partial charge in [0.25, 0.3) is 5.56 Å². The molecule has 1 aliphatic heterocycles. The maximum Gasteiger partial charge on any atom is 0.338 e. The second kappa shape index (κ2) is 13.0. The van der Waals surface area contributed by atoms with Crippen LogP contribution in [-0.4, -0.2) is 23.8 Å². The van der Waals surface area contributed by atoms with E-state index in [9.17, 15) is 9.59 Å². The minimum absolute atomic E-state index is 0.218. The lowest BCUT2D eigenvalue weighted by Crippen LogP contribution is -2.39. The molecule has 0 spiro atoms. The molecular weight excluding hydrogens is 595 g/mol. The highest BCUT2D eigenvalue weighted by molar-refractivity contribution is 7.07. The highest BCUT2D eigenvalue weighted by Gasteiger charge is 2.33. The second-order valence-electron chi connectivity index (χ2n) is 9.38. The van der Waals surface area contributed by atoms with Gasteiger partial charge in [-0.25, -0.2) is 9.79 Å². The van der Waals surface area contributed by atoms with E-state index in [4.69, 9.17) is 37.4 Å². The SMILES string of the molecule is CCOC(=O)C1=C(C)N=c2s/c(=C/c3ccc(OCc4ccc(Cl)cc4Cl)c(OCC)c3)c(=O)n2[C@@H]1c1ccccc1. The van der Waals surface area contributed by atoms with Crippen LogP contribution in [0.25, 0.3) is 6.08 Å². The first-order chi connectivity index (χ1) is 20.3. The van der Waals surface area contributed by atoms with Crippen LogP contribution >= 0.6 is 34.5 Å². The van der Waals surface area contributed by atoms with Crippen molar-refractivity contribution in [3.05, 3.63) is 124 Å². The zero-order chi connectivity index (χ0) is 29.8. The number of esters is 1. The Bertz CT molecular complexity index is 1850. The summed E-state index contributed by atoms with van der Waals surface area (Å²) in [6.07, 6.45) is 1.79. The smallest absolute Gasteiger partial charge is 0.338 e. The number of allylic oxidation sites excluding steroid dienone is 1. The van der Waals surface area contributed by atoms with Gasteiger partial charge < -0.3 is 14.2 Å². The Labute approximate surface area is 256 Å². The highest BCUT2D eigenvalue weighted by atomic mass is 35.5. The maximum absolute atomic E-state index is 13.9. The summed E-state index contributed by atoms with van der Waals surface area (Å²) in [5, 5.41) is 1.07. The molecule has 3 aromatic carbocycles. The molecule has 0 radical (unpaired) electrons. The molecule has 7 nitrogen and oxygen atoms in total. The molecule has 0 N–H and O–H groups in total. The molecule has 2 heterocycles. The third kappa shape index (κ3) is 6.16. The summed E-state index contributed by atoms with van der Waals surface area (Å²) in [5.74, 6) is 0.589. The number of carbonyl (C=O) groups excluding carboxylic acids is 1. The Morgan fingerprint density at radius 3 is 2.50 bits per heavy atom. The molecule has 0 amide bonds. The monoisotopic (exact) mass is 622 g/mol. The van der Waals surface area contributed by atoms with Crippen LogP contribution in [0.3, 0.4) is 0 Å². The molecule has 0 fully saturated rings. The lowest BCUT2D eigenvalue weighted by atomic mass is 9.96. The van der Waals surface area contributed by atoms with E-state index in [0.717, 1.165) is 16.7 Å². The molecule has 42 heavy (non-hydrogen) atoms. The number of carbonyl (C=O) groups is 1. The molecule has 216 valence electrons. The van der Waals surface area contributed by atoms with Crippen LogP contribution in [0.15, 0.2) is 87.8 Å². The van der Waals surface area contributed by atoms with E-state index in [0.29, 0.717) is 48.8 Å². The van der Waals surface area contributed by atoms with E-state index in [2.05, 4.69) is 4.99 Å². The standard InChI is InChI=1S/C32H28Cl2N2O5S/c1-4-39-26-15-20(11-14-25(26)41-18-22-12-13-23(33)17-24(22)34)16-27-30(37)36-29(21-9-7-6-8-10-21)28(31(38)40-5-2)19(3)35-32(36)42-27/h6-17,29H,4-5,18H2,1-3H3/b27-16+/t29-/m1/s1. The van der Waals surface area contributed by atoms with Gasteiger partial charge in [0.15, 0.2) is 16.3 Å². The largest absolute Gasteiger partial charge is 0.490 e. The molecule has 1 atom stereocenters. The van der Waals surface area contributed by atoms with Crippen LogP contribution in [-0.2, 0) is 16.1 Å². The summed E-state index contributed by atoms with van der Waals surface area (Å²) in [4.78, 5) is 32.0. The summed E-state index contributed by atoms with van der Waals surface area (Å²) < 4.78 is 19.3. The van der Waals surface area contributed by atoms with Gasteiger partial charge in [-0.3, -0.25) is 9.36 Å². The van der Waals surface area contributed by atoms with Crippen molar-refractivity contribution in [2.24, 2.45) is 4.99 Å². The first kappa shape index (κ1) is 29.6. The number of nitrogens with zero attached hydrogens (tertiary/aromatic N) is 2. The molecule has 5 rings (SSSR count). The van der Waals surface area contributed by atoms with Gasteiger partial charge in [-0.15, -0.1) is 0 Å². The maximum atomic E-state index is 13.9. The van der Waals surface area contributed by atoms with Crippen LogP contribution in [0.2, 0.25) is 10.0 Å². The van der Waals surface area contributed by atoms with Gasteiger partial charge in [-0.2, -0.15) is 0 Å². The molecule has 0 saturated heterocycles. The number of aromatic nitrogens is 1. The van der Waals surface area contributed by atoms with Crippen molar-refractivity contribution in [1.29, 1.82) is 0 Å². The van der Waals surface area contributed by atoms with E-state index in [1.54, 1.807) is 42.7 Å². The van der Waals surface area contributed by atoms with Crippen molar-refractivity contribution in [1.82, 2.24) is 4.57 Å². The summed E-state index contributed by atoms with van der Waals surface area (Å²) in [7, 11) is 0. The van der Waals surface area contributed by atoms with E-state index >= 15 is 0 Å². The minimum Gasteiger partial charge on any atom is -0.490 e. The highest BCUT2D eigenvalue weighted by Crippen LogP contribution is 2.32. The third-order valence-electron chi connectivity index (χ3n) is 6.60. The number of hydrogen-bond acceptors (Lipinski definition) is 7. The fourth-order valence-corrected chi connectivity index (χ4v) is 6.20. The van der Waals surface area contributed by atoms with Gasteiger partial charge in [0.2, 0.25) is 0 Å². The Balaban J connectivity index is 1.53. The van der Waals surface area contributed by atoms with Crippen LogP contribution in [0.4, 0.5) is 0 Å². The Morgan fingerprint density at radius 1 is 1.00 bits per heavy atom. The molecule has 0 bridgehead atoms. The van der Waals surface area contributed by atoms with Gasteiger partial charge >= 0.3 is 5.97 Å². The second-order valence-corrected chi connectivity index (χ2v) is 11.2. The topological polar surface area (TPSA) is 79.1 Å². The zero-order valence-electron chi connectivity index (χ0n) is 23.2. The fourth-order valence-electron chi connectivity index (χ4n) is 4.69. The number of fused-ring (bicyclic) bond motifs is 1. The molecule has 0 saturated carbocycles. The van der Waals surface area contributed by atoms with Crippen molar-refractivity contribution in [2.75, 3.05) is 13.2 Å². The lowest BCUT2D eigenvalue weighted by molar-refractivity contribution is -0.139. The molecular formula is C32H28Cl2N2O5S. The van der Waals surface area contributed by atoms with Crippen molar-refractivity contribution >= 4 is 46.6 Å². The van der Waals surface area contributed by atoms with E-state index in [-0.39, 0.29) is 18.8 Å². The molecule has 0 unspecified atom stereocenters. The first-order valence-corrected chi connectivity index (χ1v) is 15.0. The predicted octanol–water partition coefficient (Wildman–Crippen LogP) is 6.08. The first-order valence-electron chi connectivity index (χ1n) is 13.4. The number of ether oxygens (including phenoxy) is 3. The minimum atomic E-state index is -0.655. The van der Waals surface area contributed by atoms with E-state index < -0.39 is 12.0 Å². The van der Waals surface area contributed by atoms with E-state index in [1.165, 1.54) is 11.3 Å². The quantitative estimate of drug-likeness (QED) is 0.211. The molecule has 0 aliphatic carbocycles. The van der Waals surface area contributed by atoms with Crippen LogP contribution in [0.5, 0.6) is 11.5 Å². The molecule has 1 aliphatic rings. The average Bonchev–Trinajstić information content (AvgIpc) is 3.27. The van der Waals surface area contributed by atoms with E-state index in [1.807, 2.05) is 55.5 Å². The van der Waals surface area contributed by atoms with Crippen LogP contribution < -0.4 is 24.4 Å². The number of hydrogen-bond donors (Lipinski definition) is 0. The predicted molar refractivity (Wildman–Crippen MR) is 165 cm³/mol. The number of thiazole rings is 1. The summed E-state index contributed by atoms with van der Waals surface area (Å²) in [6.45, 7) is 6.28. The van der Waals surface area contributed by atoms with Gasteiger partial charge in [-0.1, -0.05) is 77.0 Å². The Hall–Kier alpha value is -3.85. The van der Waals surface area contributed by atoms with Gasteiger partial charge in [0, 0.05) is 15.6 Å². The fraction of sp³-hybridized carbons (Fsp3) is 0.219. The average molecular weight is 624 g/mol. The third-order valence-corrected chi connectivity index (χ3v) is 8.17. The van der Waals surface area contributed by atoms with Gasteiger partial charge in [0.05, 0.1) is 35.1 Å². The zero-order valence-corrected chi connectivity index (χ0v) is 25.6. The Kier molecular flexibility index (Phi) is 9.16. The van der Waals surface area contributed by atoms with Crippen molar-refractivity contribution in [3.8, 4) is 11.5 Å². The van der Waals surface area contributed by atoms with Crippen molar-refractivity contribution < 1.29 is 19.0 Å². The van der Waals surface area contributed by atoms with Crippen LogP contribution in [0, 0.1) is 0 Å². The number of rotatable bonds is 9. The van der Waals surface area contributed by atoms with Crippen molar-refractivity contribution in [2.45, 2.75) is 33.4 Å². The lowest BCUT2D eigenvalue weighted by Gasteiger charge is -2.24. The molecule has 1 aromatic heterocycles. The molecule has 10 heteroatoms. The summed E-state index contributed by atoms with van der Waals surface area (Å²) >= 11 is 13.6. The number of halogens is 2.